The monoisotopic (exact) mass is 574 g/mol. The fourth-order valence-corrected chi connectivity index (χ4v) is 6.63. The zero-order chi connectivity index (χ0) is 29.9. The van der Waals surface area contributed by atoms with Crippen molar-refractivity contribution in [2.75, 3.05) is 13.1 Å². The third-order valence-corrected chi connectivity index (χ3v) is 9.34. The molecule has 0 bridgehead atoms. The molecule has 0 aromatic rings. The van der Waals surface area contributed by atoms with E-state index in [0.717, 1.165) is 57.8 Å². The van der Waals surface area contributed by atoms with Crippen LogP contribution in [-0.4, -0.2) is 71.3 Å². The minimum Gasteiger partial charge on any atom is -0.444 e. The van der Waals surface area contributed by atoms with Gasteiger partial charge >= 0.3 is 6.09 Å². The number of alkyl carbamates (subject to hydrolysis) is 1. The Kier molecular flexibility index (Phi) is 9.69. The lowest BCUT2D eigenvalue weighted by Gasteiger charge is -2.34. The second-order valence-corrected chi connectivity index (χ2v) is 14.2. The zero-order valence-electron chi connectivity index (χ0n) is 25.6. The molecule has 41 heavy (non-hydrogen) atoms. The number of carbonyl (C=O) groups is 5. The normalized spacial score (nSPS) is 30.9. The van der Waals surface area contributed by atoms with Gasteiger partial charge in [0, 0.05) is 13.1 Å². The number of nitrogens with one attached hydrogen (secondary N) is 3. The summed E-state index contributed by atoms with van der Waals surface area (Å²) in [7, 11) is 0. The first kappa shape index (κ1) is 31.3. The van der Waals surface area contributed by atoms with Crippen LogP contribution in [0, 0.1) is 23.2 Å². The number of Topliss-reactive ketones (excluding diaryl/α,β-unsaturated/α-hetero) is 1. The largest absolute Gasteiger partial charge is 0.444 e. The molecule has 4 aliphatic rings. The number of piperidine rings is 1. The van der Waals surface area contributed by atoms with Gasteiger partial charge in [-0.25, -0.2) is 4.79 Å². The Hall–Kier alpha value is -2.65. The van der Waals surface area contributed by atoms with Crippen LogP contribution in [0.2, 0.25) is 0 Å². The van der Waals surface area contributed by atoms with E-state index >= 15 is 0 Å². The van der Waals surface area contributed by atoms with Crippen LogP contribution in [0.3, 0.4) is 0 Å². The van der Waals surface area contributed by atoms with E-state index in [-0.39, 0.29) is 23.2 Å². The molecule has 3 N–H and O–H groups in total. The van der Waals surface area contributed by atoms with Crippen LogP contribution < -0.4 is 16.0 Å². The second-order valence-electron chi connectivity index (χ2n) is 14.2. The molecule has 2 saturated heterocycles. The molecule has 0 aromatic carbocycles. The standard InChI is InChI=1S/C31H50N4O6/c1-30(2,3)41-29(40)34-22-14-12-10-8-6-7-9-11-13-21(25(36)27(38)32-17-19-15-16-19)33-26(37)24-23-20(31(23,4)5)18-35(24)28(22)39/h19-24H,6-18H2,1-5H3,(H,32,38)(H,33,37)(H,34,40)/t20-,21-,22-,23-,24-/m0/s1. The van der Waals surface area contributed by atoms with Gasteiger partial charge in [0.15, 0.2) is 0 Å². The number of hydrogen-bond acceptors (Lipinski definition) is 6. The van der Waals surface area contributed by atoms with Crippen LogP contribution in [-0.2, 0) is 23.9 Å². The summed E-state index contributed by atoms with van der Waals surface area (Å²) < 4.78 is 5.45. The minimum atomic E-state index is -0.928. The number of ketones is 1. The maximum Gasteiger partial charge on any atom is 0.408 e. The molecule has 2 heterocycles. The summed E-state index contributed by atoms with van der Waals surface area (Å²) in [5, 5.41) is 8.43. The fraction of sp³-hybridized carbons (Fsp3) is 0.839. The summed E-state index contributed by atoms with van der Waals surface area (Å²) in [6, 6.07) is -2.49. The van der Waals surface area contributed by atoms with Crippen molar-refractivity contribution in [2.24, 2.45) is 23.2 Å². The van der Waals surface area contributed by atoms with Gasteiger partial charge in [-0.3, -0.25) is 19.2 Å². The van der Waals surface area contributed by atoms with Crippen LogP contribution in [0.4, 0.5) is 4.79 Å². The van der Waals surface area contributed by atoms with E-state index in [0.29, 0.717) is 31.8 Å². The molecule has 0 radical (unpaired) electrons. The number of ether oxygens (including phenoxy) is 1. The molecule has 230 valence electrons. The SMILES string of the molecule is CC(C)(C)OC(=O)N[C@H]1CCCCCCCCC[C@@H](C(=O)C(=O)NCC2CC2)NC(=O)[C@@H]2[C@@H]3[C@H](CN2C1=O)C3(C)C. The molecule has 10 heteroatoms. The first-order valence-corrected chi connectivity index (χ1v) is 15.7. The predicted molar refractivity (Wildman–Crippen MR) is 154 cm³/mol. The quantitative estimate of drug-likeness (QED) is 0.431. The Balaban J connectivity index is 1.54. The molecule has 10 nitrogen and oxygen atoms in total. The smallest absolute Gasteiger partial charge is 0.408 e. The number of fused-ring (bicyclic) bond motifs is 3. The average molecular weight is 575 g/mol. The van der Waals surface area contributed by atoms with Gasteiger partial charge in [-0.2, -0.15) is 0 Å². The van der Waals surface area contributed by atoms with Gasteiger partial charge < -0.3 is 25.6 Å². The Morgan fingerprint density at radius 3 is 2.17 bits per heavy atom. The molecule has 4 rings (SSSR count). The van der Waals surface area contributed by atoms with Crippen molar-refractivity contribution in [2.45, 2.75) is 129 Å². The summed E-state index contributed by atoms with van der Waals surface area (Å²) in [5.41, 5.74) is -0.825. The van der Waals surface area contributed by atoms with E-state index in [1.165, 1.54) is 0 Å². The van der Waals surface area contributed by atoms with Crippen LogP contribution in [0.25, 0.3) is 0 Å². The van der Waals surface area contributed by atoms with Gasteiger partial charge in [-0.15, -0.1) is 0 Å². The maximum atomic E-state index is 14.0. The van der Waals surface area contributed by atoms with E-state index in [9.17, 15) is 24.0 Å². The highest BCUT2D eigenvalue weighted by Gasteiger charge is 2.69. The van der Waals surface area contributed by atoms with Crippen molar-refractivity contribution in [3.63, 3.8) is 0 Å². The van der Waals surface area contributed by atoms with Gasteiger partial charge in [-0.1, -0.05) is 58.8 Å². The summed E-state index contributed by atoms with van der Waals surface area (Å²) in [6.45, 7) is 10.4. The highest BCUT2D eigenvalue weighted by atomic mass is 16.6. The number of carbonyl (C=O) groups excluding carboxylic acids is 5. The van der Waals surface area contributed by atoms with Crippen molar-refractivity contribution < 1.29 is 28.7 Å². The van der Waals surface area contributed by atoms with Gasteiger partial charge in [0.25, 0.3) is 5.91 Å². The molecule has 0 aromatic heterocycles. The predicted octanol–water partition coefficient (Wildman–Crippen LogP) is 3.47. The molecular weight excluding hydrogens is 524 g/mol. The van der Waals surface area contributed by atoms with Crippen molar-refractivity contribution in [1.29, 1.82) is 0 Å². The highest BCUT2D eigenvalue weighted by molar-refractivity contribution is 6.38. The number of rotatable bonds is 5. The van der Waals surface area contributed by atoms with Crippen LogP contribution in [0.5, 0.6) is 0 Å². The van der Waals surface area contributed by atoms with E-state index in [2.05, 4.69) is 29.8 Å². The molecule has 0 unspecified atom stereocenters. The van der Waals surface area contributed by atoms with Crippen molar-refractivity contribution in [1.82, 2.24) is 20.9 Å². The first-order valence-electron chi connectivity index (χ1n) is 15.7. The summed E-state index contributed by atoms with van der Waals surface area (Å²) in [4.78, 5) is 68.1. The molecule has 5 atom stereocenters. The Morgan fingerprint density at radius 2 is 1.56 bits per heavy atom. The first-order chi connectivity index (χ1) is 19.3. The van der Waals surface area contributed by atoms with Gasteiger partial charge in [-0.05, 0) is 69.6 Å². The van der Waals surface area contributed by atoms with E-state index in [1.807, 2.05) is 0 Å². The summed E-state index contributed by atoms with van der Waals surface area (Å²) in [5.74, 6) is -1.42. The van der Waals surface area contributed by atoms with E-state index < -0.39 is 47.4 Å². The third-order valence-electron chi connectivity index (χ3n) is 9.34. The van der Waals surface area contributed by atoms with E-state index in [1.54, 1.807) is 25.7 Å². The lowest BCUT2D eigenvalue weighted by atomic mass is 9.96. The maximum absolute atomic E-state index is 14.0. The number of nitrogens with zero attached hydrogens (tertiary/aromatic N) is 1. The van der Waals surface area contributed by atoms with Crippen molar-refractivity contribution in [3.05, 3.63) is 0 Å². The van der Waals surface area contributed by atoms with Crippen molar-refractivity contribution in [3.8, 4) is 0 Å². The summed E-state index contributed by atoms with van der Waals surface area (Å²) >= 11 is 0. The van der Waals surface area contributed by atoms with E-state index in [4.69, 9.17) is 4.74 Å². The average Bonchev–Trinajstić information content (AvgIpc) is 3.75. The zero-order valence-corrected chi connectivity index (χ0v) is 25.6. The highest BCUT2D eigenvalue weighted by Crippen LogP contribution is 2.65. The Bertz CT molecular complexity index is 1020. The summed E-state index contributed by atoms with van der Waals surface area (Å²) in [6.07, 6.45) is 8.72. The van der Waals surface area contributed by atoms with Crippen LogP contribution >= 0.6 is 0 Å². The molecule has 2 saturated carbocycles. The Morgan fingerprint density at radius 1 is 0.951 bits per heavy atom. The molecule has 4 amide bonds. The van der Waals surface area contributed by atoms with Crippen LogP contribution in [0.15, 0.2) is 0 Å². The molecule has 4 fully saturated rings. The van der Waals surface area contributed by atoms with Crippen LogP contribution in [0.1, 0.15) is 105 Å². The lowest BCUT2D eigenvalue weighted by Crippen LogP contribution is -2.58. The third kappa shape index (κ3) is 8.01. The number of hydrogen-bond donors (Lipinski definition) is 3. The molecule has 2 aliphatic heterocycles. The molecule has 0 spiro atoms. The lowest BCUT2D eigenvalue weighted by molar-refractivity contribution is -0.144. The molecule has 2 aliphatic carbocycles. The minimum absolute atomic E-state index is 0.0491. The van der Waals surface area contributed by atoms with Gasteiger partial charge in [0.2, 0.25) is 17.6 Å². The number of amides is 4. The van der Waals surface area contributed by atoms with Gasteiger partial charge in [0.1, 0.15) is 17.7 Å². The molecular formula is C31H50N4O6. The topological polar surface area (TPSA) is 134 Å². The van der Waals surface area contributed by atoms with Gasteiger partial charge in [0.05, 0.1) is 6.04 Å². The van der Waals surface area contributed by atoms with Crippen molar-refractivity contribution >= 4 is 29.6 Å². The fourth-order valence-electron chi connectivity index (χ4n) is 6.63. The second kappa shape index (κ2) is 12.7. The Labute approximate surface area is 244 Å².